The van der Waals surface area contributed by atoms with Crippen LogP contribution in [0.1, 0.15) is 23.4 Å². The van der Waals surface area contributed by atoms with Gasteiger partial charge in [-0.15, -0.1) is 11.3 Å². The van der Waals surface area contributed by atoms with Gasteiger partial charge in [0.05, 0.1) is 0 Å². The number of anilines is 1. The van der Waals surface area contributed by atoms with Crippen LogP contribution in [-0.2, 0) is 6.54 Å². The number of hydrogen-bond acceptors (Lipinski definition) is 3. The average molecular weight is 311 g/mol. The Morgan fingerprint density at radius 1 is 1.41 bits per heavy atom. The molecule has 1 atom stereocenters. The summed E-state index contributed by atoms with van der Waals surface area (Å²) in [6.07, 6.45) is 0. The standard InChI is InChI=1S/C13H15BrN2S/c1-9(10-3-2-4-11(14)7-10)16-8-13-12(15)5-6-17-13/h2-7,9,16H,8,15H2,1H3/t9-/m0/s1. The lowest BCUT2D eigenvalue weighted by Gasteiger charge is -2.14. The molecule has 0 spiro atoms. The summed E-state index contributed by atoms with van der Waals surface area (Å²) in [7, 11) is 0. The summed E-state index contributed by atoms with van der Waals surface area (Å²) < 4.78 is 1.11. The molecule has 0 saturated heterocycles. The summed E-state index contributed by atoms with van der Waals surface area (Å²) >= 11 is 5.18. The summed E-state index contributed by atoms with van der Waals surface area (Å²) in [4.78, 5) is 1.20. The fourth-order valence-electron chi connectivity index (χ4n) is 1.63. The lowest BCUT2D eigenvalue weighted by Crippen LogP contribution is -2.17. The van der Waals surface area contributed by atoms with Crippen molar-refractivity contribution in [3.63, 3.8) is 0 Å². The highest BCUT2D eigenvalue weighted by Gasteiger charge is 2.07. The lowest BCUT2D eigenvalue weighted by molar-refractivity contribution is 0.579. The average Bonchev–Trinajstić information content (AvgIpc) is 2.72. The maximum Gasteiger partial charge on any atom is 0.0468 e. The van der Waals surface area contributed by atoms with Crippen molar-refractivity contribution in [1.29, 1.82) is 0 Å². The molecule has 0 aliphatic heterocycles. The van der Waals surface area contributed by atoms with Crippen molar-refractivity contribution in [1.82, 2.24) is 5.32 Å². The molecule has 0 fully saturated rings. The van der Waals surface area contributed by atoms with Crippen LogP contribution in [0.25, 0.3) is 0 Å². The van der Waals surface area contributed by atoms with Crippen LogP contribution in [-0.4, -0.2) is 0 Å². The van der Waals surface area contributed by atoms with Crippen LogP contribution in [0.3, 0.4) is 0 Å². The first-order valence-corrected chi connectivity index (χ1v) is 7.15. The Kier molecular flexibility index (Phi) is 4.20. The molecule has 0 aliphatic carbocycles. The van der Waals surface area contributed by atoms with Crippen LogP contribution in [0, 0.1) is 0 Å². The van der Waals surface area contributed by atoms with Crippen molar-refractivity contribution in [2.45, 2.75) is 19.5 Å². The smallest absolute Gasteiger partial charge is 0.0468 e. The molecule has 17 heavy (non-hydrogen) atoms. The first-order valence-electron chi connectivity index (χ1n) is 5.47. The van der Waals surface area contributed by atoms with Crippen molar-refractivity contribution < 1.29 is 0 Å². The van der Waals surface area contributed by atoms with E-state index < -0.39 is 0 Å². The molecule has 0 bridgehead atoms. The minimum absolute atomic E-state index is 0.314. The molecule has 1 heterocycles. The normalized spacial score (nSPS) is 12.6. The highest BCUT2D eigenvalue weighted by Crippen LogP contribution is 2.21. The molecule has 2 rings (SSSR count). The fourth-order valence-corrected chi connectivity index (χ4v) is 2.80. The molecular formula is C13H15BrN2S. The molecule has 2 aromatic rings. The van der Waals surface area contributed by atoms with Gasteiger partial charge in [0.1, 0.15) is 0 Å². The van der Waals surface area contributed by atoms with E-state index in [-0.39, 0.29) is 0 Å². The second-order valence-corrected chi connectivity index (χ2v) is 5.87. The Bertz CT molecular complexity index is 496. The van der Waals surface area contributed by atoms with E-state index >= 15 is 0 Å². The SMILES string of the molecule is C[C@H](NCc1sccc1N)c1cccc(Br)c1. The van der Waals surface area contributed by atoms with Gasteiger partial charge in [0.15, 0.2) is 0 Å². The Labute approximate surface area is 114 Å². The molecule has 0 saturated carbocycles. The zero-order valence-electron chi connectivity index (χ0n) is 9.61. The van der Waals surface area contributed by atoms with Gasteiger partial charge in [0, 0.05) is 27.6 Å². The number of nitrogen functional groups attached to an aromatic ring is 1. The van der Waals surface area contributed by atoms with Crippen LogP contribution in [0.5, 0.6) is 0 Å². The summed E-state index contributed by atoms with van der Waals surface area (Å²) in [6, 6.07) is 10.6. The Morgan fingerprint density at radius 2 is 2.24 bits per heavy atom. The summed E-state index contributed by atoms with van der Waals surface area (Å²) in [6.45, 7) is 2.97. The second-order valence-electron chi connectivity index (χ2n) is 3.96. The third kappa shape index (κ3) is 3.31. The number of halogens is 1. The predicted octanol–water partition coefficient (Wildman–Crippen LogP) is 3.94. The van der Waals surface area contributed by atoms with Crippen LogP contribution in [0.15, 0.2) is 40.2 Å². The van der Waals surface area contributed by atoms with Crippen molar-refractivity contribution >= 4 is 33.0 Å². The van der Waals surface area contributed by atoms with Gasteiger partial charge in [-0.25, -0.2) is 0 Å². The monoisotopic (exact) mass is 310 g/mol. The molecule has 2 nitrogen and oxygen atoms in total. The molecule has 1 aromatic heterocycles. The quantitative estimate of drug-likeness (QED) is 0.897. The topological polar surface area (TPSA) is 38.0 Å². The van der Waals surface area contributed by atoms with Crippen molar-refractivity contribution in [2.75, 3.05) is 5.73 Å². The zero-order chi connectivity index (χ0) is 12.3. The van der Waals surface area contributed by atoms with Crippen LogP contribution in [0.4, 0.5) is 5.69 Å². The van der Waals surface area contributed by atoms with Crippen molar-refractivity contribution in [3.8, 4) is 0 Å². The van der Waals surface area contributed by atoms with Gasteiger partial charge in [0.2, 0.25) is 0 Å². The maximum absolute atomic E-state index is 5.85. The maximum atomic E-state index is 5.85. The molecule has 0 radical (unpaired) electrons. The number of nitrogens with one attached hydrogen (secondary N) is 1. The molecule has 4 heteroatoms. The lowest BCUT2D eigenvalue weighted by atomic mass is 10.1. The molecule has 0 unspecified atom stereocenters. The Hall–Kier alpha value is -0.840. The minimum Gasteiger partial charge on any atom is -0.398 e. The van der Waals surface area contributed by atoms with Crippen molar-refractivity contribution in [3.05, 3.63) is 50.6 Å². The van der Waals surface area contributed by atoms with Gasteiger partial charge in [0.25, 0.3) is 0 Å². The first kappa shape index (κ1) is 12.6. The van der Waals surface area contributed by atoms with E-state index in [1.54, 1.807) is 11.3 Å². The molecule has 0 amide bonds. The zero-order valence-corrected chi connectivity index (χ0v) is 12.0. The Morgan fingerprint density at radius 3 is 2.88 bits per heavy atom. The van der Waals surface area contributed by atoms with Crippen LogP contribution < -0.4 is 11.1 Å². The fraction of sp³-hybridized carbons (Fsp3) is 0.231. The summed E-state index contributed by atoms with van der Waals surface area (Å²) in [5, 5.41) is 5.50. The third-order valence-corrected chi connectivity index (χ3v) is 4.13. The van der Waals surface area contributed by atoms with Crippen LogP contribution >= 0.6 is 27.3 Å². The molecular weight excluding hydrogens is 296 g/mol. The first-order chi connectivity index (χ1) is 8.16. The number of thiophene rings is 1. The van der Waals surface area contributed by atoms with Gasteiger partial charge < -0.3 is 11.1 Å². The van der Waals surface area contributed by atoms with E-state index in [4.69, 9.17) is 5.73 Å². The van der Waals surface area contributed by atoms with E-state index in [0.717, 1.165) is 16.7 Å². The van der Waals surface area contributed by atoms with Gasteiger partial charge in [-0.05, 0) is 36.1 Å². The molecule has 3 N–H and O–H groups in total. The van der Waals surface area contributed by atoms with Crippen LogP contribution in [0.2, 0.25) is 0 Å². The van der Waals surface area contributed by atoms with Gasteiger partial charge in [-0.3, -0.25) is 0 Å². The highest BCUT2D eigenvalue weighted by molar-refractivity contribution is 9.10. The van der Waals surface area contributed by atoms with E-state index in [9.17, 15) is 0 Å². The highest BCUT2D eigenvalue weighted by atomic mass is 79.9. The van der Waals surface area contributed by atoms with E-state index in [1.807, 2.05) is 17.5 Å². The predicted molar refractivity (Wildman–Crippen MR) is 78.1 cm³/mol. The second kappa shape index (κ2) is 5.67. The van der Waals surface area contributed by atoms with E-state index in [1.165, 1.54) is 10.4 Å². The number of rotatable bonds is 4. The van der Waals surface area contributed by atoms with Gasteiger partial charge >= 0.3 is 0 Å². The number of nitrogens with two attached hydrogens (primary N) is 1. The minimum atomic E-state index is 0.314. The third-order valence-electron chi connectivity index (χ3n) is 2.70. The van der Waals surface area contributed by atoms with E-state index in [0.29, 0.717) is 6.04 Å². The van der Waals surface area contributed by atoms with Gasteiger partial charge in [-0.2, -0.15) is 0 Å². The molecule has 0 aliphatic rings. The summed E-state index contributed by atoms with van der Waals surface area (Å²) in [5.41, 5.74) is 8.00. The summed E-state index contributed by atoms with van der Waals surface area (Å²) in [5.74, 6) is 0. The van der Waals surface area contributed by atoms with Crippen molar-refractivity contribution in [2.24, 2.45) is 0 Å². The molecule has 1 aromatic carbocycles. The van der Waals surface area contributed by atoms with E-state index in [2.05, 4.69) is 46.4 Å². The Balaban J connectivity index is 1.98. The number of hydrogen-bond donors (Lipinski definition) is 2. The molecule has 90 valence electrons. The largest absolute Gasteiger partial charge is 0.398 e. The van der Waals surface area contributed by atoms with Gasteiger partial charge in [-0.1, -0.05) is 28.1 Å². The number of benzene rings is 1.